The van der Waals surface area contributed by atoms with E-state index in [-0.39, 0.29) is 61.9 Å². The van der Waals surface area contributed by atoms with Gasteiger partial charge in [-0.15, -0.1) is 0 Å². The molecule has 15 heteroatoms. The second-order valence-corrected chi connectivity index (χ2v) is 14.5. The van der Waals surface area contributed by atoms with Crippen LogP contribution in [0.15, 0.2) is 52.5 Å². The Bertz CT molecular complexity index is 1960. The van der Waals surface area contributed by atoms with E-state index in [2.05, 4.69) is 5.32 Å². The zero-order valence-electron chi connectivity index (χ0n) is 32.5. The number of nitrogens with one attached hydrogen (secondary N) is 1. The fourth-order valence-corrected chi connectivity index (χ4v) is 7.13. The third-order valence-corrected chi connectivity index (χ3v) is 10.4. The minimum atomic E-state index is -2.19. The van der Waals surface area contributed by atoms with E-state index < -0.39 is 89.5 Å². The molecular formula is C40H49NO14. The van der Waals surface area contributed by atoms with E-state index in [0.717, 1.165) is 14.0 Å². The van der Waals surface area contributed by atoms with E-state index >= 15 is 0 Å². The molecule has 4 bridgehead atoms. The molecule has 1 aromatic rings. The Balaban J connectivity index is 2.07. The number of allylic oxidation sites excluding steroid dienone is 6. The first kappa shape index (κ1) is 42.6. The third kappa shape index (κ3) is 8.01. The number of methoxy groups -OCH3 is 1. The Hall–Kier alpha value is -5.09. The number of aliphatic hydroxyl groups is 4. The van der Waals surface area contributed by atoms with E-state index in [0.29, 0.717) is 0 Å². The second-order valence-electron chi connectivity index (χ2n) is 14.5. The lowest BCUT2D eigenvalue weighted by Gasteiger charge is -2.38. The lowest BCUT2D eigenvalue weighted by atomic mass is 9.75. The number of ether oxygens (including phenoxy) is 4. The van der Waals surface area contributed by atoms with Gasteiger partial charge in [-0.2, -0.15) is 0 Å². The van der Waals surface area contributed by atoms with Crippen molar-refractivity contribution in [3.8, 4) is 11.5 Å². The molecule has 6 N–H and O–H groups in total. The van der Waals surface area contributed by atoms with Crippen LogP contribution in [0.5, 0.6) is 11.5 Å². The van der Waals surface area contributed by atoms with Gasteiger partial charge in [-0.3, -0.25) is 24.0 Å². The summed E-state index contributed by atoms with van der Waals surface area (Å²) in [7, 11) is 1.04. The van der Waals surface area contributed by atoms with Crippen LogP contribution < -0.4 is 10.1 Å². The standard InChI is InChI=1S/C40H49NO14/c1-16-12-11-13-17(2)38(49)41-28-19(4)36(55-23(8)42)24-25(33(28)47)31(45)21(6)35-26(24)34(53-15-54-35)18(3)14-40(9,51)37(48)22(7)32(46)27(39(50)52-10)30(44)20(5)29(16)43/h11-14,16,20,22,27,30,32,37,44,46-48,51H,15H2,1-10H3,(H,41,49)/t16-,20+,22+,27-,30+,32+,37+,40+/m0/s1. The molecule has 3 aliphatic heterocycles. The van der Waals surface area contributed by atoms with E-state index in [4.69, 9.17) is 18.9 Å². The highest BCUT2D eigenvalue weighted by molar-refractivity contribution is 6.21. The number of Topliss-reactive ketones (excluding diaryl/α,β-unsaturated/α-hetero) is 2. The van der Waals surface area contributed by atoms with Gasteiger partial charge < -0.3 is 49.8 Å². The molecule has 8 atom stereocenters. The molecule has 0 unspecified atom stereocenters. The maximum atomic E-state index is 14.0. The fraction of sp³-hybridized carbons (Fsp3) is 0.475. The van der Waals surface area contributed by atoms with Crippen molar-refractivity contribution in [1.29, 1.82) is 0 Å². The highest BCUT2D eigenvalue weighted by Gasteiger charge is 2.47. The van der Waals surface area contributed by atoms with Crippen LogP contribution in [0.4, 0.5) is 5.69 Å². The zero-order valence-corrected chi connectivity index (χ0v) is 32.5. The molecule has 298 valence electrons. The monoisotopic (exact) mass is 767 g/mol. The third-order valence-electron chi connectivity index (χ3n) is 10.4. The van der Waals surface area contributed by atoms with E-state index in [9.17, 15) is 49.5 Å². The molecule has 1 aromatic carbocycles. The van der Waals surface area contributed by atoms with Crippen molar-refractivity contribution in [3.63, 3.8) is 0 Å². The summed E-state index contributed by atoms with van der Waals surface area (Å²) in [4.78, 5) is 66.4. The van der Waals surface area contributed by atoms with Gasteiger partial charge in [-0.05, 0) is 46.3 Å². The number of phenols is 1. The number of hydrogen-bond acceptors (Lipinski definition) is 14. The van der Waals surface area contributed by atoms with Gasteiger partial charge in [0.15, 0.2) is 11.5 Å². The number of phenolic OH excluding ortho intramolecular Hbond substituents is 1. The van der Waals surface area contributed by atoms with Crippen LogP contribution in [0.3, 0.4) is 0 Å². The molecule has 0 fully saturated rings. The Morgan fingerprint density at radius 2 is 1.56 bits per heavy atom. The molecular weight excluding hydrogens is 718 g/mol. The van der Waals surface area contributed by atoms with Crippen LogP contribution in [0.25, 0.3) is 5.57 Å². The van der Waals surface area contributed by atoms with Crippen molar-refractivity contribution < 1.29 is 68.5 Å². The van der Waals surface area contributed by atoms with Gasteiger partial charge in [0.25, 0.3) is 5.91 Å². The van der Waals surface area contributed by atoms with E-state index in [1.165, 1.54) is 79.7 Å². The Morgan fingerprint density at radius 3 is 2.16 bits per heavy atom. The van der Waals surface area contributed by atoms with Gasteiger partial charge in [0.05, 0.1) is 42.2 Å². The number of esters is 2. The Morgan fingerprint density at radius 1 is 0.945 bits per heavy atom. The van der Waals surface area contributed by atoms with Gasteiger partial charge in [-0.1, -0.05) is 39.0 Å². The molecule has 3 heterocycles. The highest BCUT2D eigenvalue weighted by atomic mass is 16.7. The number of aromatic hydroxyl groups is 1. The van der Waals surface area contributed by atoms with Crippen molar-refractivity contribution in [3.05, 3.63) is 69.2 Å². The molecule has 0 saturated carbocycles. The molecule has 4 aliphatic rings. The number of fused-ring (bicyclic) bond motifs is 14. The number of carbonyl (C=O) groups excluding carboxylic acids is 5. The lowest BCUT2D eigenvalue weighted by molar-refractivity contribution is -0.166. The summed E-state index contributed by atoms with van der Waals surface area (Å²) in [5, 5.41) is 60.4. The first-order valence-electron chi connectivity index (χ1n) is 17.7. The summed E-state index contributed by atoms with van der Waals surface area (Å²) in [6.07, 6.45) is 0.0247. The molecule has 0 saturated heterocycles. The number of rotatable bonds is 2. The summed E-state index contributed by atoms with van der Waals surface area (Å²) in [6, 6.07) is 0. The first-order valence-corrected chi connectivity index (χ1v) is 17.7. The average Bonchev–Trinajstić information content (AvgIpc) is 3.13. The number of hydrogen-bond donors (Lipinski definition) is 6. The van der Waals surface area contributed by atoms with Crippen LogP contribution in [0.2, 0.25) is 0 Å². The summed E-state index contributed by atoms with van der Waals surface area (Å²) in [5.41, 5.74) is -2.46. The van der Waals surface area contributed by atoms with Crippen molar-refractivity contribution >= 4 is 40.7 Å². The predicted molar refractivity (Wildman–Crippen MR) is 197 cm³/mol. The van der Waals surface area contributed by atoms with Crippen molar-refractivity contribution in [2.75, 3.05) is 19.2 Å². The molecule has 0 aromatic heterocycles. The van der Waals surface area contributed by atoms with Gasteiger partial charge in [0.2, 0.25) is 6.79 Å². The van der Waals surface area contributed by atoms with Crippen LogP contribution >= 0.6 is 0 Å². The number of carbonyl (C=O) groups is 5. The van der Waals surface area contributed by atoms with Crippen LogP contribution in [0, 0.1) is 30.6 Å². The lowest BCUT2D eigenvalue weighted by Crippen LogP contribution is -2.52. The van der Waals surface area contributed by atoms with Gasteiger partial charge in [0.1, 0.15) is 34.6 Å². The van der Waals surface area contributed by atoms with E-state index in [1.54, 1.807) is 0 Å². The van der Waals surface area contributed by atoms with Crippen molar-refractivity contribution in [2.45, 2.75) is 86.2 Å². The average molecular weight is 768 g/mol. The smallest absolute Gasteiger partial charge is 0.313 e. The number of aliphatic hydroxyl groups excluding tert-OH is 3. The summed E-state index contributed by atoms with van der Waals surface area (Å²) < 4.78 is 22.2. The fourth-order valence-electron chi connectivity index (χ4n) is 7.13. The summed E-state index contributed by atoms with van der Waals surface area (Å²) in [6.45, 7) is 12.0. The van der Waals surface area contributed by atoms with Crippen molar-refractivity contribution in [1.82, 2.24) is 0 Å². The Kier molecular flexibility index (Phi) is 12.7. The van der Waals surface area contributed by atoms with Crippen LogP contribution in [0.1, 0.15) is 76.9 Å². The summed E-state index contributed by atoms with van der Waals surface area (Å²) in [5.74, 6) is -9.80. The largest absolute Gasteiger partial charge is 0.505 e. The SMILES string of the molecule is COC(=O)[C@@H]1[C@H](O)[C@@H](C)[C@@H](O)[C@](C)(O)C=C(C)C2=C3C(=C(C)C(=O)c4c(O)c(c(C)c(OC(C)=O)c43)NC(=O)C(C)=CC=C[C@H](C)C(=O)[C@@H](C)[C@H]1O)OCO2. The second kappa shape index (κ2) is 16.3. The van der Waals surface area contributed by atoms with Gasteiger partial charge >= 0.3 is 11.9 Å². The molecule has 1 aliphatic carbocycles. The maximum Gasteiger partial charge on any atom is 0.313 e. The maximum absolute atomic E-state index is 14.0. The molecule has 55 heavy (non-hydrogen) atoms. The predicted octanol–water partition coefficient (Wildman–Crippen LogP) is 3.31. The minimum absolute atomic E-state index is 0.00714. The van der Waals surface area contributed by atoms with Gasteiger partial charge in [0, 0.05) is 47.0 Å². The number of ketones is 2. The highest BCUT2D eigenvalue weighted by Crippen LogP contribution is 2.53. The topological polar surface area (TPSA) is 235 Å². The minimum Gasteiger partial charge on any atom is -0.505 e. The normalized spacial score (nSPS) is 29.5. The molecule has 0 spiro atoms. The molecule has 15 nitrogen and oxygen atoms in total. The molecule has 5 rings (SSSR count). The zero-order chi connectivity index (χ0) is 41.4. The van der Waals surface area contributed by atoms with Crippen LogP contribution in [-0.4, -0.2) is 92.8 Å². The van der Waals surface area contributed by atoms with E-state index in [1.807, 2.05) is 0 Å². The first-order chi connectivity index (χ1) is 25.6. The Labute approximate surface area is 318 Å². The number of benzene rings is 1. The quantitative estimate of drug-likeness (QED) is 0.144. The van der Waals surface area contributed by atoms with Crippen molar-refractivity contribution in [2.24, 2.45) is 23.7 Å². The molecule has 0 radical (unpaired) electrons. The number of anilines is 1. The van der Waals surface area contributed by atoms with Crippen LogP contribution in [-0.2, 0) is 33.4 Å². The van der Waals surface area contributed by atoms with Gasteiger partial charge in [-0.25, -0.2) is 0 Å². The molecule has 1 amide bonds. The summed E-state index contributed by atoms with van der Waals surface area (Å²) >= 11 is 0. The number of amides is 1.